The number of nitrogens with zero attached hydrogens (tertiary/aromatic N) is 3. The lowest BCUT2D eigenvalue weighted by atomic mass is 10.3. The monoisotopic (exact) mass is 287 g/mol. The summed E-state index contributed by atoms with van der Waals surface area (Å²) in [5.74, 6) is 0. The summed E-state index contributed by atoms with van der Waals surface area (Å²) >= 11 is 0.977. The molecule has 1 aliphatic rings. The molecule has 0 spiro atoms. The van der Waals surface area contributed by atoms with E-state index >= 15 is 0 Å². The van der Waals surface area contributed by atoms with Crippen molar-refractivity contribution in [1.29, 1.82) is 0 Å². The van der Waals surface area contributed by atoms with E-state index in [0.717, 1.165) is 15.7 Å². The Morgan fingerprint density at radius 2 is 2.17 bits per heavy atom. The van der Waals surface area contributed by atoms with Crippen LogP contribution in [-0.2, 0) is 21.4 Å². The van der Waals surface area contributed by atoms with Crippen LogP contribution in [0.15, 0.2) is 31.8 Å². The summed E-state index contributed by atoms with van der Waals surface area (Å²) in [4.78, 5) is 0.122. The number of sulfonamides is 1. The highest BCUT2D eigenvalue weighted by Crippen LogP contribution is 2.38. The largest absolute Gasteiger partial charge is 0.395 e. The number of hydrogen-bond donors (Lipinski definition) is 1. The fourth-order valence-corrected chi connectivity index (χ4v) is 3.60. The Kier molecular flexibility index (Phi) is 3.62. The van der Waals surface area contributed by atoms with Crippen LogP contribution in [0.4, 0.5) is 11.4 Å². The van der Waals surface area contributed by atoms with Gasteiger partial charge in [0.15, 0.2) is 0 Å². The third kappa shape index (κ3) is 2.12. The van der Waals surface area contributed by atoms with Crippen molar-refractivity contribution in [3.63, 3.8) is 0 Å². The second-order valence-corrected chi connectivity index (χ2v) is 6.44. The van der Waals surface area contributed by atoms with E-state index in [4.69, 9.17) is 5.11 Å². The standard InChI is InChI=1S/C10H13N3O3S2/c1-7(6-14)13(2)18(15,16)9-5-3-4-8-10(9)12-17-11-8/h3-5,7,14H,6H2,1-2H3. The molecule has 1 aliphatic heterocycles. The third-order valence-corrected chi connectivity index (χ3v) is 5.34. The van der Waals surface area contributed by atoms with E-state index in [1.54, 1.807) is 19.1 Å². The van der Waals surface area contributed by atoms with Gasteiger partial charge in [0.2, 0.25) is 10.0 Å². The highest BCUT2D eigenvalue weighted by molar-refractivity contribution is 7.89. The average molecular weight is 287 g/mol. The Bertz CT molecular complexity index is 636. The molecule has 1 unspecified atom stereocenters. The first-order valence-electron chi connectivity index (χ1n) is 5.28. The van der Waals surface area contributed by atoms with Crippen molar-refractivity contribution in [3.8, 4) is 0 Å². The van der Waals surface area contributed by atoms with Crippen LogP contribution < -0.4 is 0 Å². The molecule has 0 saturated heterocycles. The number of benzene rings is 1. The molecule has 18 heavy (non-hydrogen) atoms. The first-order valence-corrected chi connectivity index (χ1v) is 7.45. The molecule has 0 amide bonds. The molecular formula is C10H13N3O3S2. The fraction of sp³-hybridized carbons (Fsp3) is 0.400. The van der Waals surface area contributed by atoms with Crippen LogP contribution in [0.3, 0.4) is 0 Å². The van der Waals surface area contributed by atoms with Gasteiger partial charge in [0.25, 0.3) is 0 Å². The van der Waals surface area contributed by atoms with Crippen molar-refractivity contribution in [2.45, 2.75) is 17.9 Å². The molecule has 0 aliphatic carbocycles. The summed E-state index contributed by atoms with van der Waals surface area (Å²) in [6.07, 6.45) is 0. The van der Waals surface area contributed by atoms with E-state index in [2.05, 4.69) is 8.73 Å². The molecule has 1 aromatic rings. The molecule has 1 atom stereocenters. The zero-order chi connectivity index (χ0) is 13.3. The van der Waals surface area contributed by atoms with Gasteiger partial charge >= 0.3 is 0 Å². The fourth-order valence-electron chi connectivity index (χ4n) is 1.50. The average Bonchev–Trinajstić information content (AvgIpc) is 2.84. The van der Waals surface area contributed by atoms with Gasteiger partial charge in [-0.05, 0) is 19.1 Å². The van der Waals surface area contributed by atoms with E-state index < -0.39 is 16.1 Å². The molecule has 6 nitrogen and oxygen atoms in total. The maximum atomic E-state index is 12.4. The van der Waals surface area contributed by atoms with Crippen LogP contribution in [0.2, 0.25) is 0 Å². The molecule has 98 valence electrons. The smallest absolute Gasteiger partial charge is 0.245 e. The number of likely N-dealkylation sites (N-methyl/N-ethyl adjacent to an activating group) is 1. The van der Waals surface area contributed by atoms with Gasteiger partial charge in [0.1, 0.15) is 16.3 Å². The van der Waals surface area contributed by atoms with Crippen LogP contribution >= 0.6 is 0 Å². The van der Waals surface area contributed by atoms with E-state index in [1.807, 2.05) is 0 Å². The SMILES string of the molecule is CC(CO)N(C)S(=O)(=O)c1cccc2c1N=S=N2. The van der Waals surface area contributed by atoms with Crippen LogP contribution in [0, 0.1) is 0 Å². The van der Waals surface area contributed by atoms with Gasteiger partial charge in [-0.2, -0.15) is 13.0 Å². The van der Waals surface area contributed by atoms with Gasteiger partial charge in [-0.1, -0.05) is 6.07 Å². The van der Waals surface area contributed by atoms with Crippen molar-refractivity contribution in [3.05, 3.63) is 18.2 Å². The third-order valence-electron chi connectivity index (χ3n) is 2.79. The first kappa shape index (κ1) is 13.3. The Morgan fingerprint density at radius 1 is 1.44 bits per heavy atom. The van der Waals surface area contributed by atoms with E-state index in [-0.39, 0.29) is 11.5 Å². The summed E-state index contributed by atoms with van der Waals surface area (Å²) < 4.78 is 34.0. The van der Waals surface area contributed by atoms with E-state index in [0.29, 0.717) is 11.4 Å². The van der Waals surface area contributed by atoms with Gasteiger partial charge < -0.3 is 5.11 Å². The lowest BCUT2D eigenvalue weighted by molar-refractivity contribution is 0.214. The molecular weight excluding hydrogens is 274 g/mol. The lowest BCUT2D eigenvalue weighted by Crippen LogP contribution is -2.37. The summed E-state index contributed by atoms with van der Waals surface area (Å²) in [5.41, 5.74) is 0.936. The molecule has 0 aromatic heterocycles. The van der Waals surface area contributed by atoms with Gasteiger partial charge in [0, 0.05) is 13.1 Å². The minimum Gasteiger partial charge on any atom is -0.395 e. The quantitative estimate of drug-likeness (QED) is 0.923. The minimum absolute atomic E-state index is 0.122. The predicted octanol–water partition coefficient (Wildman–Crippen LogP) is 1.41. The van der Waals surface area contributed by atoms with Crippen molar-refractivity contribution < 1.29 is 13.5 Å². The number of aliphatic hydroxyl groups is 1. The van der Waals surface area contributed by atoms with Crippen molar-refractivity contribution in [2.24, 2.45) is 8.73 Å². The first-order chi connectivity index (χ1) is 8.48. The zero-order valence-electron chi connectivity index (χ0n) is 9.94. The molecule has 1 N–H and O–H groups in total. The van der Waals surface area contributed by atoms with Gasteiger partial charge in [0.05, 0.1) is 18.0 Å². The molecule has 0 radical (unpaired) electrons. The predicted molar refractivity (Wildman–Crippen MR) is 69.5 cm³/mol. The molecule has 1 heterocycles. The molecule has 1 aromatic carbocycles. The number of rotatable bonds is 4. The maximum Gasteiger partial charge on any atom is 0.245 e. The normalized spacial score (nSPS) is 15.6. The second kappa shape index (κ2) is 4.88. The Balaban J connectivity index is 2.50. The molecule has 2 rings (SSSR count). The number of aliphatic hydroxyl groups excluding tert-OH is 1. The van der Waals surface area contributed by atoms with E-state index in [1.165, 1.54) is 13.1 Å². The van der Waals surface area contributed by atoms with Crippen LogP contribution in [0.25, 0.3) is 0 Å². The van der Waals surface area contributed by atoms with Crippen LogP contribution in [0.1, 0.15) is 6.92 Å². The lowest BCUT2D eigenvalue weighted by Gasteiger charge is -2.23. The summed E-state index contributed by atoms with van der Waals surface area (Å²) in [6, 6.07) is 4.36. The van der Waals surface area contributed by atoms with Gasteiger partial charge in [-0.3, -0.25) is 0 Å². The van der Waals surface area contributed by atoms with Crippen molar-refractivity contribution in [1.82, 2.24) is 4.31 Å². The topological polar surface area (TPSA) is 82.3 Å². The molecule has 0 saturated carbocycles. The van der Waals surface area contributed by atoms with Crippen molar-refractivity contribution >= 4 is 32.8 Å². The number of fused-ring (bicyclic) bond motifs is 1. The second-order valence-electron chi connectivity index (χ2n) is 3.94. The van der Waals surface area contributed by atoms with Crippen LogP contribution in [0.5, 0.6) is 0 Å². The molecule has 8 heteroatoms. The summed E-state index contributed by atoms with van der Waals surface area (Å²) in [7, 11) is -2.23. The highest BCUT2D eigenvalue weighted by Gasteiger charge is 2.29. The van der Waals surface area contributed by atoms with Gasteiger partial charge in [-0.15, -0.1) is 0 Å². The Hall–Kier alpha value is -1.09. The molecule has 0 bridgehead atoms. The number of hydrogen-bond acceptors (Lipinski definition) is 5. The molecule has 0 fully saturated rings. The maximum absolute atomic E-state index is 12.4. The Labute approximate surface area is 109 Å². The van der Waals surface area contributed by atoms with Crippen LogP contribution in [-0.4, -0.2) is 37.5 Å². The Morgan fingerprint density at radius 3 is 2.83 bits per heavy atom. The van der Waals surface area contributed by atoms with E-state index in [9.17, 15) is 8.42 Å². The summed E-state index contributed by atoms with van der Waals surface area (Å²) in [5, 5.41) is 9.06. The minimum atomic E-state index is -3.67. The van der Waals surface area contributed by atoms with Gasteiger partial charge in [-0.25, -0.2) is 8.42 Å². The zero-order valence-corrected chi connectivity index (χ0v) is 11.6. The highest BCUT2D eigenvalue weighted by atomic mass is 32.2. The summed E-state index contributed by atoms with van der Waals surface area (Å²) in [6.45, 7) is 1.40. The van der Waals surface area contributed by atoms with Crippen molar-refractivity contribution in [2.75, 3.05) is 13.7 Å².